The Morgan fingerprint density at radius 2 is 1.82 bits per heavy atom. The number of benzene rings is 2. The molecule has 1 fully saturated rings. The predicted octanol–water partition coefficient (Wildman–Crippen LogP) is 7.26. The number of hydrogen-bond donors (Lipinski definition) is 0. The van der Waals surface area contributed by atoms with Crippen LogP contribution in [-0.4, -0.2) is 28.7 Å². The van der Waals surface area contributed by atoms with Crippen LogP contribution >= 0.6 is 23.2 Å². The first kappa shape index (κ1) is 26.3. The lowest BCUT2D eigenvalue weighted by Gasteiger charge is -2.22. The molecule has 1 aliphatic carbocycles. The van der Waals surface area contributed by atoms with Crippen LogP contribution in [-0.2, 0) is 22.5 Å². The van der Waals surface area contributed by atoms with Crippen LogP contribution in [0.5, 0.6) is 11.5 Å². The van der Waals surface area contributed by atoms with E-state index in [1.165, 1.54) is 18.5 Å². The van der Waals surface area contributed by atoms with Gasteiger partial charge in [-0.1, -0.05) is 47.5 Å². The Bertz CT molecular complexity index is 1420. The van der Waals surface area contributed by atoms with Crippen molar-refractivity contribution in [2.24, 2.45) is 5.92 Å². The molecule has 0 aliphatic heterocycles. The summed E-state index contributed by atoms with van der Waals surface area (Å²) in [4.78, 5) is 17.1. The summed E-state index contributed by atoms with van der Waals surface area (Å²) in [5.41, 5.74) is 1.96. The Morgan fingerprint density at radius 1 is 1.05 bits per heavy atom. The average molecular weight is 561 g/mol. The molecule has 0 unspecified atom stereocenters. The van der Waals surface area contributed by atoms with Crippen molar-refractivity contribution in [2.75, 3.05) is 6.61 Å². The fraction of sp³-hybridized carbons (Fsp3) is 0.286. The van der Waals surface area contributed by atoms with E-state index in [4.69, 9.17) is 32.7 Å². The topological polar surface area (TPSA) is 62.6 Å². The number of para-hydroxylation sites is 1. The first-order valence-corrected chi connectivity index (χ1v) is 12.9. The zero-order valence-electron chi connectivity index (χ0n) is 20.2. The van der Waals surface area contributed by atoms with Crippen LogP contribution in [0.1, 0.15) is 30.1 Å². The van der Waals surface area contributed by atoms with Gasteiger partial charge in [0.25, 0.3) is 0 Å². The zero-order chi connectivity index (χ0) is 26.6. The molecule has 2 heterocycles. The van der Waals surface area contributed by atoms with Gasteiger partial charge in [0.15, 0.2) is 11.5 Å². The molecule has 1 saturated carbocycles. The summed E-state index contributed by atoms with van der Waals surface area (Å²) in [5.74, 6) is -0.0455. The van der Waals surface area contributed by atoms with Crippen molar-refractivity contribution in [3.8, 4) is 11.5 Å². The van der Waals surface area contributed by atoms with E-state index < -0.39 is 18.7 Å². The van der Waals surface area contributed by atoms with Crippen LogP contribution in [0.3, 0.4) is 0 Å². The highest BCUT2D eigenvalue weighted by molar-refractivity contribution is 6.35. The Labute approximate surface area is 228 Å². The highest BCUT2D eigenvalue weighted by atomic mass is 35.5. The summed E-state index contributed by atoms with van der Waals surface area (Å²) in [6.45, 7) is -2.65. The number of hydrogen-bond acceptors (Lipinski definition) is 5. The van der Waals surface area contributed by atoms with Gasteiger partial charge in [0.05, 0.1) is 16.7 Å². The number of alkyl halides is 2. The van der Waals surface area contributed by atoms with E-state index in [0.717, 1.165) is 23.7 Å². The Kier molecular flexibility index (Phi) is 8.00. The monoisotopic (exact) mass is 560 g/mol. The molecule has 0 saturated heterocycles. The van der Waals surface area contributed by atoms with E-state index in [1.54, 1.807) is 16.7 Å². The lowest BCUT2D eigenvalue weighted by Crippen LogP contribution is -2.19. The van der Waals surface area contributed by atoms with E-state index in [-0.39, 0.29) is 24.5 Å². The highest BCUT2D eigenvalue weighted by Gasteiger charge is 2.26. The van der Waals surface area contributed by atoms with E-state index in [9.17, 15) is 13.6 Å². The van der Waals surface area contributed by atoms with Crippen molar-refractivity contribution < 1.29 is 27.8 Å². The molecule has 2 aromatic heterocycles. The molecule has 38 heavy (non-hydrogen) atoms. The van der Waals surface area contributed by atoms with Crippen LogP contribution < -0.4 is 9.47 Å². The number of carbonyl (C=O) groups excluding carboxylic acids is 1. The summed E-state index contributed by atoms with van der Waals surface area (Å²) in [5, 5.41) is 1.63. The first-order valence-electron chi connectivity index (χ1n) is 12.1. The summed E-state index contributed by atoms with van der Waals surface area (Å²) >= 11 is 12.7. The molecule has 0 bridgehead atoms. The zero-order valence-corrected chi connectivity index (χ0v) is 21.7. The third kappa shape index (κ3) is 6.37. The molecule has 0 amide bonds. The lowest BCUT2D eigenvalue weighted by atomic mass is 10.0. The van der Waals surface area contributed by atoms with Crippen LogP contribution in [0.2, 0.25) is 10.0 Å². The van der Waals surface area contributed by atoms with Crippen molar-refractivity contribution in [2.45, 2.75) is 38.5 Å². The number of halogens is 4. The second-order valence-corrected chi connectivity index (χ2v) is 9.92. The van der Waals surface area contributed by atoms with Gasteiger partial charge in [0, 0.05) is 30.5 Å². The fourth-order valence-electron chi connectivity index (χ4n) is 4.18. The normalized spacial score (nSPS) is 14.0. The van der Waals surface area contributed by atoms with Gasteiger partial charge >= 0.3 is 12.6 Å². The molecule has 5 rings (SSSR count). The molecule has 4 aromatic rings. The molecular weight excluding hydrogens is 537 g/mol. The van der Waals surface area contributed by atoms with E-state index in [1.807, 2.05) is 36.5 Å². The smallest absolute Gasteiger partial charge is 0.387 e. The van der Waals surface area contributed by atoms with Gasteiger partial charge in [0.1, 0.15) is 12.6 Å². The van der Waals surface area contributed by atoms with Gasteiger partial charge in [-0.3, -0.25) is 9.78 Å². The molecule has 198 valence electrons. The molecule has 6 nitrogen and oxygen atoms in total. The van der Waals surface area contributed by atoms with Gasteiger partial charge in [-0.05, 0) is 59.5 Å². The number of fused-ring (bicyclic) bond motifs is 1. The Morgan fingerprint density at radius 3 is 2.55 bits per heavy atom. The molecule has 1 aliphatic rings. The van der Waals surface area contributed by atoms with Gasteiger partial charge in [-0.15, -0.1) is 0 Å². The van der Waals surface area contributed by atoms with Crippen molar-refractivity contribution >= 4 is 40.1 Å². The molecule has 0 N–H and O–H groups in total. The maximum Gasteiger partial charge on any atom is 0.387 e. The minimum absolute atomic E-state index is 0.0283. The number of rotatable bonds is 11. The lowest BCUT2D eigenvalue weighted by molar-refractivity contribution is -0.150. The second-order valence-electron chi connectivity index (χ2n) is 9.11. The third-order valence-electron chi connectivity index (χ3n) is 6.32. The fourth-order valence-corrected chi connectivity index (χ4v) is 4.70. The quantitative estimate of drug-likeness (QED) is 0.181. The molecule has 10 heteroatoms. The molecule has 0 spiro atoms. The van der Waals surface area contributed by atoms with Gasteiger partial charge in [-0.25, -0.2) is 0 Å². The number of esters is 1. The number of nitrogens with zero attached hydrogens (tertiary/aromatic N) is 2. The summed E-state index contributed by atoms with van der Waals surface area (Å²) < 4.78 is 44.3. The number of aromatic nitrogens is 2. The molecule has 2 aromatic carbocycles. The van der Waals surface area contributed by atoms with E-state index >= 15 is 0 Å². The third-order valence-corrected chi connectivity index (χ3v) is 6.97. The maximum absolute atomic E-state index is 13.1. The van der Waals surface area contributed by atoms with E-state index in [2.05, 4.69) is 9.72 Å². The molecule has 1 atom stereocenters. The van der Waals surface area contributed by atoms with Crippen LogP contribution in [0.15, 0.2) is 67.1 Å². The predicted molar refractivity (Wildman–Crippen MR) is 140 cm³/mol. The maximum atomic E-state index is 13.1. The molecular formula is C28H24Cl2F2N2O4. The van der Waals surface area contributed by atoms with Crippen molar-refractivity contribution in [1.82, 2.24) is 9.55 Å². The van der Waals surface area contributed by atoms with Crippen molar-refractivity contribution in [3.05, 3.63) is 88.3 Å². The summed E-state index contributed by atoms with van der Waals surface area (Å²) in [7, 11) is 0. The van der Waals surface area contributed by atoms with Crippen LogP contribution in [0.25, 0.3) is 10.9 Å². The van der Waals surface area contributed by atoms with Crippen LogP contribution in [0, 0.1) is 5.92 Å². The van der Waals surface area contributed by atoms with Gasteiger partial charge < -0.3 is 18.8 Å². The van der Waals surface area contributed by atoms with Crippen molar-refractivity contribution in [3.63, 3.8) is 0 Å². The van der Waals surface area contributed by atoms with Crippen molar-refractivity contribution in [1.29, 1.82) is 0 Å². The largest absolute Gasteiger partial charge is 0.489 e. The SMILES string of the molecule is O=C(Cn1ccc2ccccc21)O[C@@H](Cc1c(Cl)cncc1Cl)c1ccc(OC(F)F)c(OCC2CC2)c1. The number of carbonyl (C=O) groups is 1. The highest BCUT2D eigenvalue weighted by Crippen LogP contribution is 2.38. The Balaban J connectivity index is 1.44. The Hall–Kier alpha value is -3.36. The summed E-state index contributed by atoms with van der Waals surface area (Å²) in [6, 6.07) is 14.1. The van der Waals surface area contributed by atoms with E-state index in [0.29, 0.717) is 33.7 Å². The standard InChI is InChI=1S/C28H24Cl2F2N2O4/c29-21-13-33-14-22(30)20(21)12-25(37-27(35)15-34-10-9-18-3-1-2-4-23(18)34)19-7-8-24(38-28(31)32)26(11-19)36-16-17-5-6-17/h1-4,7-11,13-14,17,25,28H,5-6,12,15-16H2/t25-/m0/s1. The summed E-state index contributed by atoms with van der Waals surface area (Å²) in [6.07, 6.45) is 6.07. The second kappa shape index (κ2) is 11.6. The number of pyridine rings is 1. The van der Waals surface area contributed by atoms with Gasteiger partial charge in [0.2, 0.25) is 0 Å². The number of ether oxygens (including phenoxy) is 3. The van der Waals surface area contributed by atoms with Gasteiger partial charge in [-0.2, -0.15) is 8.78 Å². The molecule has 0 radical (unpaired) electrons. The van der Waals surface area contributed by atoms with Crippen LogP contribution in [0.4, 0.5) is 8.78 Å². The minimum atomic E-state index is -3.01. The first-order chi connectivity index (χ1) is 18.4. The minimum Gasteiger partial charge on any atom is -0.489 e. The average Bonchev–Trinajstić information content (AvgIpc) is 3.64.